The second kappa shape index (κ2) is 8.04. The van der Waals surface area contributed by atoms with Gasteiger partial charge in [-0.25, -0.2) is 8.42 Å². The Kier molecular flexibility index (Phi) is 7.53. The summed E-state index contributed by atoms with van der Waals surface area (Å²) in [7, 11) is -0.698. The van der Waals surface area contributed by atoms with Gasteiger partial charge in [-0.3, -0.25) is 14.5 Å². The predicted molar refractivity (Wildman–Crippen MR) is 64.8 cm³/mol. The van der Waals surface area contributed by atoms with Gasteiger partial charge >= 0.3 is 11.9 Å². The van der Waals surface area contributed by atoms with Gasteiger partial charge in [0.25, 0.3) is 0 Å². The minimum Gasteiger partial charge on any atom is -0.468 e. The van der Waals surface area contributed by atoms with E-state index < -0.39 is 21.8 Å². The van der Waals surface area contributed by atoms with E-state index in [2.05, 4.69) is 9.47 Å². The number of hydrogen-bond acceptors (Lipinski definition) is 7. The summed E-state index contributed by atoms with van der Waals surface area (Å²) in [5.41, 5.74) is 0. The first-order valence-electron chi connectivity index (χ1n) is 5.41. The summed E-state index contributed by atoms with van der Waals surface area (Å²) in [5.74, 6) is -1.16. The van der Waals surface area contributed by atoms with Gasteiger partial charge in [-0.1, -0.05) is 6.92 Å². The zero-order valence-corrected chi connectivity index (χ0v) is 11.7. The van der Waals surface area contributed by atoms with E-state index in [4.69, 9.17) is 0 Å². The van der Waals surface area contributed by atoms with Crippen LogP contribution in [0.4, 0.5) is 0 Å². The molecule has 0 N–H and O–H groups in total. The fraction of sp³-hybridized carbons (Fsp3) is 0.800. The maximum atomic E-state index is 11.4. The van der Waals surface area contributed by atoms with Crippen molar-refractivity contribution < 1.29 is 27.5 Å². The molecule has 0 saturated heterocycles. The highest BCUT2D eigenvalue weighted by Crippen LogP contribution is 1.96. The van der Waals surface area contributed by atoms with Gasteiger partial charge in [0, 0.05) is 12.3 Å². The third kappa shape index (κ3) is 7.23. The smallest absolute Gasteiger partial charge is 0.319 e. The van der Waals surface area contributed by atoms with Crippen LogP contribution < -0.4 is 0 Å². The van der Waals surface area contributed by atoms with Gasteiger partial charge in [0.2, 0.25) is 0 Å². The summed E-state index contributed by atoms with van der Waals surface area (Å²) in [6.45, 7) is 1.33. The van der Waals surface area contributed by atoms with Crippen molar-refractivity contribution in [1.29, 1.82) is 0 Å². The van der Waals surface area contributed by atoms with Crippen molar-refractivity contribution in [2.45, 2.75) is 6.92 Å². The summed E-state index contributed by atoms with van der Waals surface area (Å²) in [5, 5.41) is 0. The van der Waals surface area contributed by atoms with Gasteiger partial charge in [-0.15, -0.1) is 0 Å². The Morgan fingerprint density at radius 3 is 1.83 bits per heavy atom. The van der Waals surface area contributed by atoms with Crippen LogP contribution in [0.3, 0.4) is 0 Å². The lowest BCUT2D eigenvalue weighted by molar-refractivity contribution is -0.145. The van der Waals surface area contributed by atoms with E-state index in [-0.39, 0.29) is 31.1 Å². The third-order valence-electron chi connectivity index (χ3n) is 2.32. The Labute approximate surface area is 107 Å². The van der Waals surface area contributed by atoms with E-state index >= 15 is 0 Å². The van der Waals surface area contributed by atoms with Crippen molar-refractivity contribution in [2.75, 3.05) is 45.4 Å². The van der Waals surface area contributed by atoms with Crippen LogP contribution in [0, 0.1) is 0 Å². The normalized spacial score (nSPS) is 11.3. The lowest BCUT2D eigenvalue weighted by Gasteiger charge is -2.19. The van der Waals surface area contributed by atoms with Crippen LogP contribution in [0.2, 0.25) is 0 Å². The molecule has 0 saturated carbocycles. The molecule has 0 bridgehead atoms. The molecule has 18 heavy (non-hydrogen) atoms. The first-order valence-corrected chi connectivity index (χ1v) is 7.23. The SMILES string of the molecule is CCS(=O)(=O)CCN(CC(=O)OC)CC(=O)OC. The summed E-state index contributed by atoms with van der Waals surface area (Å²) < 4.78 is 31.7. The molecule has 0 aliphatic rings. The van der Waals surface area contributed by atoms with Crippen LogP contribution in [-0.2, 0) is 28.9 Å². The van der Waals surface area contributed by atoms with E-state index in [9.17, 15) is 18.0 Å². The van der Waals surface area contributed by atoms with Crippen LogP contribution >= 0.6 is 0 Å². The minimum absolute atomic E-state index is 0.0251. The van der Waals surface area contributed by atoms with Gasteiger partial charge in [-0.05, 0) is 0 Å². The topological polar surface area (TPSA) is 90.0 Å². The van der Waals surface area contributed by atoms with Crippen molar-refractivity contribution in [2.24, 2.45) is 0 Å². The lowest BCUT2D eigenvalue weighted by Crippen LogP contribution is -2.38. The average Bonchev–Trinajstić information content (AvgIpc) is 2.35. The summed E-state index contributed by atoms with van der Waals surface area (Å²) in [6.07, 6.45) is 0. The fourth-order valence-electron chi connectivity index (χ4n) is 1.12. The molecule has 0 aliphatic heterocycles. The standard InChI is InChI=1S/C10H19NO6S/c1-4-18(14,15)6-5-11(7-9(12)16-2)8-10(13)17-3/h4-8H2,1-3H3. The molecule has 8 heteroatoms. The Morgan fingerprint density at radius 1 is 1.06 bits per heavy atom. The number of sulfone groups is 1. The largest absolute Gasteiger partial charge is 0.468 e. The van der Waals surface area contributed by atoms with Gasteiger partial charge < -0.3 is 9.47 Å². The highest BCUT2D eigenvalue weighted by Gasteiger charge is 2.18. The number of carbonyl (C=O) groups is 2. The van der Waals surface area contributed by atoms with Crippen LogP contribution in [0.15, 0.2) is 0 Å². The zero-order chi connectivity index (χ0) is 14.2. The second-order valence-corrected chi connectivity index (χ2v) is 6.07. The van der Waals surface area contributed by atoms with Crippen molar-refractivity contribution >= 4 is 21.8 Å². The molecule has 0 unspecified atom stereocenters. The molecule has 0 rings (SSSR count). The van der Waals surface area contributed by atoms with Crippen molar-refractivity contribution in [3.05, 3.63) is 0 Å². The Bertz CT molecular complexity index is 360. The molecule has 106 valence electrons. The average molecular weight is 281 g/mol. The fourth-order valence-corrected chi connectivity index (χ4v) is 1.95. The molecule has 0 aliphatic carbocycles. The Balaban J connectivity index is 4.47. The quantitative estimate of drug-likeness (QED) is 0.531. The van der Waals surface area contributed by atoms with Crippen LogP contribution in [-0.4, -0.2) is 70.6 Å². The maximum Gasteiger partial charge on any atom is 0.319 e. The van der Waals surface area contributed by atoms with Crippen LogP contribution in [0.25, 0.3) is 0 Å². The molecular weight excluding hydrogens is 262 g/mol. The van der Waals surface area contributed by atoms with Crippen LogP contribution in [0.1, 0.15) is 6.92 Å². The summed E-state index contributed by atoms with van der Waals surface area (Å²) >= 11 is 0. The third-order valence-corrected chi connectivity index (χ3v) is 4.00. The first-order chi connectivity index (χ1) is 8.34. The van der Waals surface area contributed by atoms with E-state index in [1.807, 2.05) is 0 Å². The van der Waals surface area contributed by atoms with Gasteiger partial charge in [0.15, 0.2) is 9.84 Å². The van der Waals surface area contributed by atoms with Crippen molar-refractivity contribution in [3.8, 4) is 0 Å². The number of ether oxygens (including phenoxy) is 2. The molecule has 0 atom stereocenters. The zero-order valence-electron chi connectivity index (χ0n) is 10.8. The molecule has 0 fully saturated rings. The highest BCUT2D eigenvalue weighted by molar-refractivity contribution is 7.91. The lowest BCUT2D eigenvalue weighted by atomic mass is 10.4. The van der Waals surface area contributed by atoms with E-state index in [1.54, 1.807) is 6.92 Å². The molecular formula is C10H19NO6S. The van der Waals surface area contributed by atoms with E-state index in [1.165, 1.54) is 19.1 Å². The summed E-state index contributed by atoms with van der Waals surface area (Å²) in [6, 6.07) is 0. The van der Waals surface area contributed by atoms with Crippen molar-refractivity contribution in [1.82, 2.24) is 4.90 Å². The van der Waals surface area contributed by atoms with E-state index in [0.717, 1.165) is 0 Å². The number of rotatable bonds is 8. The molecule has 0 aromatic heterocycles. The van der Waals surface area contributed by atoms with Gasteiger partial charge in [0.1, 0.15) is 0 Å². The summed E-state index contributed by atoms with van der Waals surface area (Å²) in [4.78, 5) is 23.6. The predicted octanol–water partition coefficient (Wildman–Crippen LogP) is -0.931. The molecule has 0 heterocycles. The molecule has 0 aromatic carbocycles. The Morgan fingerprint density at radius 2 is 1.50 bits per heavy atom. The maximum absolute atomic E-state index is 11.4. The molecule has 7 nitrogen and oxygen atoms in total. The van der Waals surface area contributed by atoms with Crippen molar-refractivity contribution in [3.63, 3.8) is 0 Å². The number of carbonyl (C=O) groups excluding carboxylic acids is 2. The molecule has 0 aromatic rings. The number of nitrogens with zero attached hydrogens (tertiary/aromatic N) is 1. The molecule has 0 amide bonds. The molecule has 0 radical (unpaired) electrons. The minimum atomic E-state index is -3.15. The number of hydrogen-bond donors (Lipinski definition) is 0. The van der Waals surface area contributed by atoms with E-state index in [0.29, 0.717) is 0 Å². The first kappa shape index (κ1) is 16.9. The monoisotopic (exact) mass is 281 g/mol. The van der Waals surface area contributed by atoms with Crippen LogP contribution in [0.5, 0.6) is 0 Å². The van der Waals surface area contributed by atoms with Gasteiger partial charge in [0.05, 0.1) is 33.1 Å². The highest BCUT2D eigenvalue weighted by atomic mass is 32.2. The molecule has 0 spiro atoms. The van der Waals surface area contributed by atoms with Gasteiger partial charge in [-0.2, -0.15) is 0 Å². The number of methoxy groups -OCH3 is 2. The number of esters is 2. The Hall–Kier alpha value is -1.15. The second-order valence-electron chi connectivity index (χ2n) is 3.60.